The highest BCUT2D eigenvalue weighted by Crippen LogP contribution is 2.18. The van der Waals surface area contributed by atoms with Crippen LogP contribution in [0.25, 0.3) is 0 Å². The van der Waals surface area contributed by atoms with Crippen molar-refractivity contribution in [2.45, 2.75) is 26.4 Å². The maximum Gasteiger partial charge on any atom is 0.189 e. The summed E-state index contributed by atoms with van der Waals surface area (Å²) in [6.07, 6.45) is 0. The van der Waals surface area contributed by atoms with Crippen LogP contribution in [0.5, 0.6) is 5.75 Å². The van der Waals surface area contributed by atoms with Crippen molar-refractivity contribution in [3.05, 3.63) is 29.8 Å². The van der Waals surface area contributed by atoms with Crippen molar-refractivity contribution in [3.8, 4) is 5.75 Å². The first-order chi connectivity index (χ1) is 11.1. The van der Waals surface area contributed by atoms with Gasteiger partial charge in [0.1, 0.15) is 12.4 Å². The Morgan fingerprint density at radius 1 is 1.33 bits per heavy atom. The number of halogens is 1. The Morgan fingerprint density at radius 3 is 2.75 bits per heavy atom. The summed E-state index contributed by atoms with van der Waals surface area (Å²) < 4.78 is 11.3. The van der Waals surface area contributed by atoms with E-state index in [2.05, 4.69) is 15.2 Å². The second kappa shape index (κ2) is 11.5. The van der Waals surface area contributed by atoms with Gasteiger partial charge < -0.3 is 20.5 Å². The van der Waals surface area contributed by atoms with Crippen molar-refractivity contribution < 1.29 is 9.47 Å². The van der Waals surface area contributed by atoms with Crippen LogP contribution in [0.2, 0.25) is 0 Å². The third kappa shape index (κ3) is 7.67. The molecule has 0 atom stereocenters. The summed E-state index contributed by atoms with van der Waals surface area (Å²) >= 11 is 0. The van der Waals surface area contributed by atoms with E-state index in [-0.39, 0.29) is 30.0 Å². The van der Waals surface area contributed by atoms with Crippen LogP contribution in [0.4, 0.5) is 0 Å². The van der Waals surface area contributed by atoms with Gasteiger partial charge in [-0.25, -0.2) is 4.99 Å². The first kappa shape index (κ1) is 21.0. The largest absolute Gasteiger partial charge is 0.492 e. The minimum atomic E-state index is 0. The van der Waals surface area contributed by atoms with E-state index in [4.69, 9.17) is 15.2 Å². The van der Waals surface area contributed by atoms with Crippen LogP contribution in [0.3, 0.4) is 0 Å². The number of hydrogen-bond donors (Lipinski definition) is 2. The summed E-state index contributed by atoms with van der Waals surface area (Å²) in [5.74, 6) is 1.34. The number of hydrogen-bond acceptors (Lipinski definition) is 4. The van der Waals surface area contributed by atoms with Crippen molar-refractivity contribution >= 4 is 29.9 Å². The Balaban J connectivity index is 0.00000288. The van der Waals surface area contributed by atoms with Gasteiger partial charge in [0, 0.05) is 31.2 Å². The second-order valence-electron chi connectivity index (χ2n) is 5.91. The molecule has 6 nitrogen and oxygen atoms in total. The zero-order valence-electron chi connectivity index (χ0n) is 14.5. The zero-order chi connectivity index (χ0) is 16.5. The molecule has 0 aromatic heterocycles. The van der Waals surface area contributed by atoms with Crippen LogP contribution in [0, 0.1) is 0 Å². The van der Waals surface area contributed by atoms with E-state index >= 15 is 0 Å². The first-order valence-electron chi connectivity index (χ1n) is 8.22. The van der Waals surface area contributed by atoms with Gasteiger partial charge >= 0.3 is 0 Å². The molecule has 24 heavy (non-hydrogen) atoms. The molecule has 0 saturated carbocycles. The molecule has 1 aliphatic heterocycles. The standard InChI is InChI=1S/C17H28N4O2.HI/c1-14(2)20-17(18)19-13-15-5-3-4-6-16(15)23-12-9-21-7-10-22-11-8-21;/h3-6,14H,7-13H2,1-2H3,(H3,18,19,20);1H. The predicted octanol–water partition coefficient (Wildman–Crippen LogP) is 1.83. The van der Waals surface area contributed by atoms with Gasteiger partial charge in [-0.2, -0.15) is 0 Å². The Morgan fingerprint density at radius 2 is 2.04 bits per heavy atom. The number of benzene rings is 1. The van der Waals surface area contributed by atoms with Gasteiger partial charge in [-0.05, 0) is 19.9 Å². The molecule has 0 unspecified atom stereocenters. The molecule has 1 heterocycles. The minimum Gasteiger partial charge on any atom is -0.492 e. The molecule has 0 aliphatic carbocycles. The number of rotatable bonds is 7. The predicted molar refractivity (Wildman–Crippen MR) is 108 cm³/mol. The quantitative estimate of drug-likeness (QED) is 0.379. The Hall–Kier alpha value is -1.06. The van der Waals surface area contributed by atoms with Crippen molar-refractivity contribution in [2.24, 2.45) is 10.7 Å². The number of nitrogens with zero attached hydrogens (tertiary/aromatic N) is 2. The lowest BCUT2D eigenvalue weighted by Gasteiger charge is -2.26. The van der Waals surface area contributed by atoms with E-state index in [0.717, 1.165) is 44.2 Å². The molecule has 0 amide bonds. The summed E-state index contributed by atoms with van der Waals surface area (Å²) in [6, 6.07) is 8.25. The number of para-hydroxylation sites is 1. The van der Waals surface area contributed by atoms with Crippen molar-refractivity contribution in [1.82, 2.24) is 10.2 Å². The Kier molecular flexibility index (Phi) is 10.0. The lowest BCUT2D eigenvalue weighted by atomic mass is 10.2. The zero-order valence-corrected chi connectivity index (χ0v) is 16.9. The van der Waals surface area contributed by atoms with Crippen LogP contribution < -0.4 is 15.8 Å². The van der Waals surface area contributed by atoms with Crippen LogP contribution in [0.15, 0.2) is 29.3 Å². The Labute approximate surface area is 161 Å². The van der Waals surface area contributed by atoms with Gasteiger partial charge in [0.05, 0.1) is 19.8 Å². The summed E-state index contributed by atoms with van der Waals surface area (Å²) in [4.78, 5) is 6.73. The molecule has 0 bridgehead atoms. The number of guanidine groups is 1. The van der Waals surface area contributed by atoms with E-state index in [1.54, 1.807) is 0 Å². The lowest BCUT2D eigenvalue weighted by molar-refractivity contribution is 0.0322. The minimum absolute atomic E-state index is 0. The van der Waals surface area contributed by atoms with Crippen molar-refractivity contribution in [3.63, 3.8) is 0 Å². The fourth-order valence-corrected chi connectivity index (χ4v) is 2.40. The van der Waals surface area contributed by atoms with E-state index < -0.39 is 0 Å². The van der Waals surface area contributed by atoms with Gasteiger partial charge in [0.2, 0.25) is 0 Å². The average Bonchev–Trinajstić information content (AvgIpc) is 2.54. The molecule has 1 saturated heterocycles. The smallest absolute Gasteiger partial charge is 0.189 e. The molecular formula is C17H29IN4O2. The SMILES string of the molecule is CC(C)NC(N)=NCc1ccccc1OCCN1CCOCC1.I. The first-order valence-corrected chi connectivity index (χ1v) is 8.22. The highest BCUT2D eigenvalue weighted by atomic mass is 127. The molecule has 3 N–H and O–H groups in total. The lowest BCUT2D eigenvalue weighted by Crippen LogP contribution is -2.38. The molecule has 0 spiro atoms. The van der Waals surface area contributed by atoms with Gasteiger partial charge in [-0.1, -0.05) is 18.2 Å². The Bertz CT molecular complexity index is 505. The molecule has 1 aliphatic rings. The number of aliphatic imine (C=N–C) groups is 1. The molecule has 0 radical (unpaired) electrons. The van der Waals surface area contributed by atoms with E-state index in [0.29, 0.717) is 19.1 Å². The van der Waals surface area contributed by atoms with Crippen LogP contribution in [0.1, 0.15) is 19.4 Å². The second-order valence-corrected chi connectivity index (χ2v) is 5.91. The molecular weight excluding hydrogens is 419 g/mol. The van der Waals surface area contributed by atoms with E-state index in [1.165, 1.54) is 0 Å². The summed E-state index contributed by atoms with van der Waals surface area (Å²) in [5.41, 5.74) is 6.89. The number of nitrogens with two attached hydrogens (primary N) is 1. The molecule has 1 aromatic rings. The third-order valence-corrected chi connectivity index (χ3v) is 3.60. The van der Waals surface area contributed by atoms with Crippen LogP contribution in [-0.4, -0.2) is 56.4 Å². The van der Waals surface area contributed by atoms with E-state index in [1.807, 2.05) is 38.1 Å². The fraction of sp³-hybridized carbons (Fsp3) is 0.588. The van der Waals surface area contributed by atoms with Crippen molar-refractivity contribution in [2.75, 3.05) is 39.5 Å². The highest BCUT2D eigenvalue weighted by Gasteiger charge is 2.10. The van der Waals surface area contributed by atoms with Gasteiger partial charge in [-0.15, -0.1) is 24.0 Å². The van der Waals surface area contributed by atoms with Gasteiger partial charge in [-0.3, -0.25) is 4.90 Å². The van der Waals surface area contributed by atoms with Crippen LogP contribution >= 0.6 is 24.0 Å². The van der Waals surface area contributed by atoms with Gasteiger partial charge in [0.15, 0.2) is 5.96 Å². The molecule has 7 heteroatoms. The maximum atomic E-state index is 5.94. The number of nitrogens with one attached hydrogen (secondary N) is 1. The number of morpholine rings is 1. The van der Waals surface area contributed by atoms with Gasteiger partial charge in [0.25, 0.3) is 0 Å². The summed E-state index contributed by atoms with van der Waals surface area (Å²) in [7, 11) is 0. The monoisotopic (exact) mass is 448 g/mol. The third-order valence-electron chi connectivity index (χ3n) is 3.60. The number of ether oxygens (including phenoxy) is 2. The maximum absolute atomic E-state index is 5.94. The highest BCUT2D eigenvalue weighted by molar-refractivity contribution is 14.0. The average molecular weight is 448 g/mol. The normalized spacial score (nSPS) is 15.9. The summed E-state index contributed by atoms with van der Waals surface area (Å²) in [6.45, 7) is 9.74. The molecule has 136 valence electrons. The molecule has 1 fully saturated rings. The summed E-state index contributed by atoms with van der Waals surface area (Å²) in [5, 5.41) is 3.09. The van der Waals surface area contributed by atoms with Crippen molar-refractivity contribution in [1.29, 1.82) is 0 Å². The molecule has 1 aromatic carbocycles. The topological polar surface area (TPSA) is 72.1 Å². The fourth-order valence-electron chi connectivity index (χ4n) is 2.40. The van der Waals surface area contributed by atoms with E-state index in [9.17, 15) is 0 Å². The molecule has 2 rings (SSSR count). The van der Waals surface area contributed by atoms with Crippen LogP contribution in [-0.2, 0) is 11.3 Å².